The summed E-state index contributed by atoms with van der Waals surface area (Å²) in [4.78, 5) is 22.8. The summed E-state index contributed by atoms with van der Waals surface area (Å²) in [6.07, 6.45) is 0. The van der Waals surface area contributed by atoms with E-state index in [9.17, 15) is 14.7 Å². The van der Waals surface area contributed by atoms with Crippen LogP contribution in [0.3, 0.4) is 0 Å². The first-order valence-corrected chi connectivity index (χ1v) is 5.78. The quantitative estimate of drug-likeness (QED) is 0.885. The average Bonchev–Trinajstić information content (AvgIpc) is 2.46. The molecule has 1 amide bonds. The highest BCUT2D eigenvalue weighted by Gasteiger charge is 2.12. The molecule has 0 atom stereocenters. The van der Waals surface area contributed by atoms with Gasteiger partial charge in [-0.2, -0.15) is 0 Å². The molecule has 0 heterocycles. The molecule has 2 aromatic carbocycles. The van der Waals surface area contributed by atoms with E-state index in [-0.39, 0.29) is 11.5 Å². The maximum atomic E-state index is 11.6. The fourth-order valence-electron chi connectivity index (χ4n) is 1.89. The van der Waals surface area contributed by atoms with E-state index in [4.69, 9.17) is 0 Å². The van der Waals surface area contributed by atoms with E-state index in [2.05, 4.69) is 5.32 Å². The first-order chi connectivity index (χ1) is 9.13. The van der Waals surface area contributed by atoms with Crippen LogP contribution in [0.25, 0.3) is 11.1 Å². The first-order valence-electron chi connectivity index (χ1n) is 5.78. The molecule has 2 rings (SSSR count). The molecule has 4 heteroatoms. The van der Waals surface area contributed by atoms with Gasteiger partial charge >= 0.3 is 5.97 Å². The number of aromatic carboxylic acids is 1. The molecule has 0 radical (unpaired) electrons. The Morgan fingerprint density at radius 3 is 2.47 bits per heavy atom. The smallest absolute Gasteiger partial charge is 0.336 e. The minimum absolute atomic E-state index is 0.199. The van der Waals surface area contributed by atoms with Crippen LogP contribution in [0.1, 0.15) is 20.7 Å². The van der Waals surface area contributed by atoms with Crippen molar-refractivity contribution in [1.29, 1.82) is 0 Å². The second kappa shape index (κ2) is 5.35. The molecule has 0 unspecified atom stereocenters. The summed E-state index contributed by atoms with van der Waals surface area (Å²) in [7, 11) is 1.56. The van der Waals surface area contributed by atoms with E-state index in [1.54, 1.807) is 55.6 Å². The molecule has 0 aliphatic carbocycles. The molecule has 19 heavy (non-hydrogen) atoms. The summed E-state index contributed by atoms with van der Waals surface area (Å²) >= 11 is 0. The largest absolute Gasteiger partial charge is 0.478 e. The lowest BCUT2D eigenvalue weighted by molar-refractivity contribution is 0.0697. The third kappa shape index (κ3) is 2.63. The Kier molecular flexibility index (Phi) is 3.61. The highest BCUT2D eigenvalue weighted by atomic mass is 16.4. The summed E-state index contributed by atoms with van der Waals surface area (Å²) in [5.41, 5.74) is 2.02. The molecule has 0 bridgehead atoms. The van der Waals surface area contributed by atoms with Crippen molar-refractivity contribution >= 4 is 11.9 Å². The van der Waals surface area contributed by atoms with Gasteiger partial charge in [-0.3, -0.25) is 4.79 Å². The molecule has 0 aliphatic heterocycles. The van der Waals surface area contributed by atoms with Crippen molar-refractivity contribution in [2.75, 3.05) is 7.05 Å². The highest BCUT2D eigenvalue weighted by molar-refractivity contribution is 5.98. The Balaban J connectivity index is 2.54. The Hall–Kier alpha value is -2.62. The summed E-state index contributed by atoms with van der Waals surface area (Å²) < 4.78 is 0. The van der Waals surface area contributed by atoms with Crippen LogP contribution in [0.5, 0.6) is 0 Å². The Bertz CT molecular complexity index is 635. The second-order valence-corrected chi connectivity index (χ2v) is 4.01. The zero-order valence-corrected chi connectivity index (χ0v) is 10.4. The van der Waals surface area contributed by atoms with Crippen LogP contribution >= 0.6 is 0 Å². The lowest BCUT2D eigenvalue weighted by Crippen LogP contribution is -2.17. The van der Waals surface area contributed by atoms with Gasteiger partial charge in [-0.1, -0.05) is 30.3 Å². The van der Waals surface area contributed by atoms with Crippen molar-refractivity contribution in [3.8, 4) is 11.1 Å². The van der Waals surface area contributed by atoms with Gasteiger partial charge in [0.25, 0.3) is 5.91 Å². The Morgan fingerprint density at radius 2 is 1.79 bits per heavy atom. The minimum atomic E-state index is -0.985. The normalized spacial score (nSPS) is 9.95. The van der Waals surface area contributed by atoms with E-state index in [1.165, 1.54) is 0 Å². The van der Waals surface area contributed by atoms with Gasteiger partial charge in [-0.25, -0.2) is 4.79 Å². The third-order valence-corrected chi connectivity index (χ3v) is 2.82. The van der Waals surface area contributed by atoms with E-state index in [0.717, 1.165) is 0 Å². The van der Waals surface area contributed by atoms with Gasteiger partial charge in [0.2, 0.25) is 0 Å². The van der Waals surface area contributed by atoms with Gasteiger partial charge in [0, 0.05) is 12.6 Å². The molecule has 96 valence electrons. The molecule has 4 nitrogen and oxygen atoms in total. The lowest BCUT2D eigenvalue weighted by atomic mass is 9.98. The Labute approximate surface area is 110 Å². The molecule has 0 fully saturated rings. The van der Waals surface area contributed by atoms with Crippen LogP contribution < -0.4 is 5.32 Å². The first kappa shape index (κ1) is 12.8. The van der Waals surface area contributed by atoms with Gasteiger partial charge < -0.3 is 10.4 Å². The van der Waals surface area contributed by atoms with Gasteiger partial charge in [0.05, 0.1) is 5.56 Å². The number of rotatable bonds is 3. The van der Waals surface area contributed by atoms with Gasteiger partial charge in [-0.15, -0.1) is 0 Å². The number of benzene rings is 2. The SMILES string of the molecule is CNC(=O)c1cccc(-c2ccccc2C(=O)O)c1. The lowest BCUT2D eigenvalue weighted by Gasteiger charge is -2.07. The van der Waals surface area contributed by atoms with Gasteiger partial charge in [0.1, 0.15) is 0 Å². The van der Waals surface area contributed by atoms with Crippen molar-refractivity contribution in [3.05, 3.63) is 59.7 Å². The average molecular weight is 255 g/mol. The summed E-state index contributed by atoms with van der Waals surface area (Å²) in [5, 5.41) is 11.7. The molecule has 0 saturated heterocycles. The maximum Gasteiger partial charge on any atom is 0.336 e. The summed E-state index contributed by atoms with van der Waals surface area (Å²) in [6.45, 7) is 0. The summed E-state index contributed by atoms with van der Waals surface area (Å²) in [6, 6.07) is 13.6. The topological polar surface area (TPSA) is 66.4 Å². The minimum Gasteiger partial charge on any atom is -0.478 e. The third-order valence-electron chi connectivity index (χ3n) is 2.82. The molecule has 2 aromatic rings. The number of carboxylic acid groups (broad SMARTS) is 1. The molecule has 0 spiro atoms. The molecular weight excluding hydrogens is 242 g/mol. The fraction of sp³-hybridized carbons (Fsp3) is 0.0667. The van der Waals surface area contributed by atoms with Gasteiger partial charge in [-0.05, 0) is 29.3 Å². The monoisotopic (exact) mass is 255 g/mol. The molecule has 0 aromatic heterocycles. The van der Waals surface area contributed by atoms with E-state index >= 15 is 0 Å². The van der Waals surface area contributed by atoms with E-state index < -0.39 is 5.97 Å². The van der Waals surface area contributed by atoms with Crippen molar-refractivity contribution in [3.63, 3.8) is 0 Å². The van der Waals surface area contributed by atoms with Crippen molar-refractivity contribution in [1.82, 2.24) is 5.32 Å². The van der Waals surface area contributed by atoms with Crippen LogP contribution in [-0.4, -0.2) is 24.0 Å². The molecule has 0 saturated carbocycles. The molecular formula is C15H13NO3. The highest BCUT2D eigenvalue weighted by Crippen LogP contribution is 2.24. The zero-order chi connectivity index (χ0) is 13.8. The number of nitrogens with one attached hydrogen (secondary N) is 1. The number of amides is 1. The van der Waals surface area contributed by atoms with Crippen molar-refractivity contribution < 1.29 is 14.7 Å². The number of carbonyl (C=O) groups is 2. The number of hydrogen-bond donors (Lipinski definition) is 2. The zero-order valence-electron chi connectivity index (χ0n) is 10.4. The number of carbonyl (C=O) groups excluding carboxylic acids is 1. The summed E-state index contributed by atoms with van der Waals surface area (Å²) in [5.74, 6) is -1.18. The predicted octanol–water partition coefficient (Wildman–Crippen LogP) is 2.41. The van der Waals surface area contributed by atoms with Crippen LogP contribution in [0.15, 0.2) is 48.5 Å². The molecule has 0 aliphatic rings. The van der Waals surface area contributed by atoms with Gasteiger partial charge in [0.15, 0.2) is 0 Å². The second-order valence-electron chi connectivity index (χ2n) is 4.01. The van der Waals surface area contributed by atoms with Crippen molar-refractivity contribution in [2.45, 2.75) is 0 Å². The van der Waals surface area contributed by atoms with Crippen LogP contribution in [0.2, 0.25) is 0 Å². The fourth-order valence-corrected chi connectivity index (χ4v) is 1.89. The maximum absolute atomic E-state index is 11.6. The Morgan fingerprint density at radius 1 is 1.05 bits per heavy atom. The van der Waals surface area contributed by atoms with Crippen LogP contribution in [0, 0.1) is 0 Å². The van der Waals surface area contributed by atoms with E-state index in [0.29, 0.717) is 16.7 Å². The van der Waals surface area contributed by atoms with E-state index in [1.807, 2.05) is 0 Å². The molecule has 2 N–H and O–H groups in total. The number of hydrogen-bond acceptors (Lipinski definition) is 2. The van der Waals surface area contributed by atoms with Crippen molar-refractivity contribution in [2.24, 2.45) is 0 Å². The standard InChI is InChI=1S/C15H13NO3/c1-16-14(17)11-6-4-5-10(9-11)12-7-2-3-8-13(12)15(18)19/h2-9H,1H3,(H,16,17)(H,18,19). The van der Waals surface area contributed by atoms with Crippen LogP contribution in [-0.2, 0) is 0 Å². The predicted molar refractivity (Wildman–Crippen MR) is 72.2 cm³/mol. The number of carboxylic acids is 1. The van der Waals surface area contributed by atoms with Crippen LogP contribution in [0.4, 0.5) is 0 Å².